The second kappa shape index (κ2) is 8.11. The molecule has 24 heavy (non-hydrogen) atoms. The van der Waals surface area contributed by atoms with E-state index in [0.717, 1.165) is 25.1 Å². The first kappa shape index (κ1) is 16.7. The minimum atomic E-state index is 0.0149. The zero-order valence-corrected chi connectivity index (χ0v) is 14.3. The molecule has 0 saturated carbocycles. The van der Waals surface area contributed by atoms with Gasteiger partial charge in [-0.2, -0.15) is 0 Å². The van der Waals surface area contributed by atoms with Crippen LogP contribution >= 0.6 is 0 Å². The van der Waals surface area contributed by atoms with Crippen molar-refractivity contribution >= 4 is 5.91 Å². The van der Waals surface area contributed by atoms with Gasteiger partial charge in [0, 0.05) is 6.54 Å². The van der Waals surface area contributed by atoms with Gasteiger partial charge in [-0.1, -0.05) is 67.6 Å². The van der Waals surface area contributed by atoms with Crippen LogP contribution in [0.1, 0.15) is 30.5 Å². The molecular formula is C21H26N2O. The van der Waals surface area contributed by atoms with Crippen LogP contribution in [0.5, 0.6) is 0 Å². The Labute approximate surface area is 144 Å². The molecule has 2 atom stereocenters. The number of amides is 1. The fraction of sp³-hybridized carbons (Fsp3) is 0.381. The van der Waals surface area contributed by atoms with E-state index >= 15 is 0 Å². The van der Waals surface area contributed by atoms with Crippen LogP contribution in [0.2, 0.25) is 0 Å². The van der Waals surface area contributed by atoms with E-state index in [2.05, 4.69) is 41.4 Å². The minimum absolute atomic E-state index is 0.0149. The predicted octanol–water partition coefficient (Wildman–Crippen LogP) is 3.43. The molecule has 0 bridgehead atoms. The summed E-state index contributed by atoms with van der Waals surface area (Å²) in [4.78, 5) is 14.8. The van der Waals surface area contributed by atoms with Crippen LogP contribution in [0.3, 0.4) is 0 Å². The number of hydrogen-bond donors (Lipinski definition) is 1. The standard InChI is InChI=1S/C21H26N2O/c1-17-12-13-23(15-17)16-21(24)22-20(19-10-6-3-7-11-19)14-18-8-4-2-5-9-18/h2-11,17,20H,12-16H2,1H3,(H,22,24). The van der Waals surface area contributed by atoms with Gasteiger partial charge < -0.3 is 5.32 Å². The third kappa shape index (κ3) is 4.68. The molecule has 1 heterocycles. The van der Waals surface area contributed by atoms with Crippen molar-refractivity contribution < 1.29 is 4.79 Å². The maximum Gasteiger partial charge on any atom is 0.234 e. The molecule has 2 unspecified atom stereocenters. The van der Waals surface area contributed by atoms with Crippen molar-refractivity contribution in [3.8, 4) is 0 Å². The smallest absolute Gasteiger partial charge is 0.234 e. The highest BCUT2D eigenvalue weighted by Gasteiger charge is 2.22. The van der Waals surface area contributed by atoms with Gasteiger partial charge in [0.2, 0.25) is 5.91 Å². The van der Waals surface area contributed by atoms with Crippen molar-refractivity contribution in [2.75, 3.05) is 19.6 Å². The summed E-state index contributed by atoms with van der Waals surface area (Å²) < 4.78 is 0. The summed E-state index contributed by atoms with van der Waals surface area (Å²) in [7, 11) is 0. The van der Waals surface area contributed by atoms with Gasteiger partial charge in [-0.3, -0.25) is 9.69 Å². The average molecular weight is 322 g/mol. The number of carbonyl (C=O) groups is 1. The number of hydrogen-bond acceptors (Lipinski definition) is 2. The van der Waals surface area contributed by atoms with Gasteiger partial charge in [0.1, 0.15) is 0 Å². The Hall–Kier alpha value is -2.13. The Bertz CT molecular complexity index is 641. The van der Waals surface area contributed by atoms with E-state index in [1.807, 2.05) is 36.4 Å². The first-order chi connectivity index (χ1) is 11.7. The van der Waals surface area contributed by atoms with Gasteiger partial charge in [-0.15, -0.1) is 0 Å². The summed E-state index contributed by atoms with van der Waals surface area (Å²) in [5.41, 5.74) is 2.39. The Kier molecular flexibility index (Phi) is 5.65. The Balaban J connectivity index is 1.66. The fourth-order valence-electron chi connectivity index (χ4n) is 3.40. The maximum absolute atomic E-state index is 12.5. The lowest BCUT2D eigenvalue weighted by Gasteiger charge is -2.22. The SMILES string of the molecule is CC1CCN(CC(=O)NC(Cc2ccccc2)c2ccccc2)C1. The van der Waals surface area contributed by atoms with Crippen molar-refractivity contribution in [3.63, 3.8) is 0 Å². The summed E-state index contributed by atoms with van der Waals surface area (Å²) in [6.45, 7) is 4.81. The summed E-state index contributed by atoms with van der Waals surface area (Å²) >= 11 is 0. The number of rotatable bonds is 6. The first-order valence-corrected chi connectivity index (χ1v) is 8.81. The van der Waals surface area contributed by atoms with Crippen molar-refractivity contribution in [2.24, 2.45) is 5.92 Å². The van der Waals surface area contributed by atoms with Crippen molar-refractivity contribution in [3.05, 3.63) is 71.8 Å². The lowest BCUT2D eigenvalue weighted by Crippen LogP contribution is -2.38. The van der Waals surface area contributed by atoms with Gasteiger partial charge in [0.25, 0.3) is 0 Å². The highest BCUT2D eigenvalue weighted by atomic mass is 16.2. The largest absolute Gasteiger partial charge is 0.348 e. The van der Waals surface area contributed by atoms with Gasteiger partial charge in [0.15, 0.2) is 0 Å². The van der Waals surface area contributed by atoms with Crippen molar-refractivity contribution in [1.82, 2.24) is 10.2 Å². The molecule has 3 heteroatoms. The maximum atomic E-state index is 12.5. The lowest BCUT2D eigenvalue weighted by molar-refractivity contribution is -0.122. The molecule has 1 saturated heterocycles. The molecule has 1 N–H and O–H groups in total. The summed E-state index contributed by atoms with van der Waals surface area (Å²) in [6, 6.07) is 20.6. The Morgan fingerprint density at radius 1 is 1.12 bits per heavy atom. The zero-order valence-electron chi connectivity index (χ0n) is 14.3. The molecule has 0 aromatic heterocycles. The number of likely N-dealkylation sites (tertiary alicyclic amines) is 1. The van der Waals surface area contributed by atoms with Gasteiger partial charge in [0.05, 0.1) is 12.6 Å². The van der Waals surface area contributed by atoms with Crippen LogP contribution in [-0.2, 0) is 11.2 Å². The van der Waals surface area contributed by atoms with Crippen LogP contribution in [-0.4, -0.2) is 30.4 Å². The summed E-state index contributed by atoms with van der Waals surface area (Å²) in [5, 5.41) is 3.24. The number of nitrogens with zero attached hydrogens (tertiary/aromatic N) is 1. The molecule has 3 rings (SSSR count). The van der Waals surface area contributed by atoms with Crippen LogP contribution < -0.4 is 5.32 Å². The van der Waals surface area contributed by atoms with E-state index in [-0.39, 0.29) is 11.9 Å². The fourth-order valence-corrected chi connectivity index (χ4v) is 3.40. The third-order valence-corrected chi connectivity index (χ3v) is 4.70. The molecule has 1 fully saturated rings. The van der Waals surface area contributed by atoms with Crippen LogP contribution in [0.25, 0.3) is 0 Å². The number of carbonyl (C=O) groups excluding carboxylic acids is 1. The van der Waals surface area contributed by atoms with E-state index in [0.29, 0.717) is 12.5 Å². The lowest BCUT2D eigenvalue weighted by atomic mass is 9.99. The Morgan fingerprint density at radius 2 is 1.79 bits per heavy atom. The van der Waals surface area contributed by atoms with Crippen molar-refractivity contribution in [2.45, 2.75) is 25.8 Å². The molecule has 126 valence electrons. The van der Waals surface area contributed by atoms with Gasteiger partial charge in [-0.05, 0) is 36.4 Å². The summed E-state index contributed by atoms with van der Waals surface area (Å²) in [6.07, 6.45) is 2.01. The second-order valence-corrected chi connectivity index (χ2v) is 6.85. The molecular weight excluding hydrogens is 296 g/mol. The minimum Gasteiger partial charge on any atom is -0.348 e. The molecule has 1 aliphatic heterocycles. The van der Waals surface area contributed by atoms with E-state index in [9.17, 15) is 4.79 Å². The van der Waals surface area contributed by atoms with E-state index in [1.54, 1.807) is 0 Å². The third-order valence-electron chi connectivity index (χ3n) is 4.70. The average Bonchev–Trinajstić information content (AvgIpc) is 3.01. The van der Waals surface area contributed by atoms with E-state index in [1.165, 1.54) is 12.0 Å². The molecule has 3 nitrogen and oxygen atoms in total. The van der Waals surface area contributed by atoms with Crippen LogP contribution in [0, 0.1) is 5.92 Å². The van der Waals surface area contributed by atoms with E-state index < -0.39 is 0 Å². The predicted molar refractivity (Wildman–Crippen MR) is 97.7 cm³/mol. The zero-order chi connectivity index (χ0) is 16.8. The number of benzene rings is 2. The highest BCUT2D eigenvalue weighted by molar-refractivity contribution is 5.78. The van der Waals surface area contributed by atoms with Gasteiger partial charge in [-0.25, -0.2) is 0 Å². The normalized spacial score (nSPS) is 19.1. The van der Waals surface area contributed by atoms with E-state index in [4.69, 9.17) is 0 Å². The van der Waals surface area contributed by atoms with Crippen molar-refractivity contribution in [1.29, 1.82) is 0 Å². The van der Waals surface area contributed by atoms with Gasteiger partial charge >= 0.3 is 0 Å². The Morgan fingerprint density at radius 3 is 2.42 bits per heavy atom. The molecule has 2 aromatic rings. The van der Waals surface area contributed by atoms with Crippen LogP contribution in [0.15, 0.2) is 60.7 Å². The molecule has 0 spiro atoms. The molecule has 1 aliphatic rings. The monoisotopic (exact) mass is 322 g/mol. The topological polar surface area (TPSA) is 32.3 Å². The quantitative estimate of drug-likeness (QED) is 0.884. The first-order valence-electron chi connectivity index (χ1n) is 8.81. The molecule has 0 aliphatic carbocycles. The molecule has 2 aromatic carbocycles. The number of nitrogens with one attached hydrogen (secondary N) is 1. The van der Waals surface area contributed by atoms with Crippen LogP contribution in [0.4, 0.5) is 0 Å². The molecule has 1 amide bonds. The summed E-state index contributed by atoms with van der Waals surface area (Å²) in [5.74, 6) is 0.820. The molecule has 0 radical (unpaired) electrons. The highest BCUT2D eigenvalue weighted by Crippen LogP contribution is 2.19. The second-order valence-electron chi connectivity index (χ2n) is 6.85.